The number of para-hydroxylation sites is 4. The standard InChI is InChI=1S/C23H24N4O2S/c1-28-19-11-5-7-15(21(19)24)13-25-22-16(8-6-12-20(22)29-2)14-30-23-26-17-9-3-4-10-18(17)27-23/h3-12,25H,13-14,24H2,1-2H3,(H,26,27). The number of nitrogens with zero attached hydrogens (tertiary/aromatic N) is 1. The van der Waals surface area contributed by atoms with Crippen LogP contribution in [0.15, 0.2) is 65.8 Å². The Labute approximate surface area is 179 Å². The molecule has 0 radical (unpaired) electrons. The lowest BCUT2D eigenvalue weighted by Crippen LogP contribution is -2.07. The number of methoxy groups -OCH3 is 2. The average molecular weight is 421 g/mol. The van der Waals surface area contributed by atoms with Crippen molar-refractivity contribution in [3.8, 4) is 11.5 Å². The zero-order chi connectivity index (χ0) is 20.9. The highest BCUT2D eigenvalue weighted by Gasteiger charge is 2.12. The summed E-state index contributed by atoms with van der Waals surface area (Å²) in [6.45, 7) is 0.561. The van der Waals surface area contributed by atoms with Crippen LogP contribution in [0.2, 0.25) is 0 Å². The molecule has 0 fully saturated rings. The number of H-pyrrole nitrogens is 1. The molecule has 0 spiro atoms. The Morgan fingerprint density at radius 1 is 0.933 bits per heavy atom. The predicted octanol–water partition coefficient (Wildman–Crippen LogP) is 5.07. The molecule has 154 valence electrons. The molecule has 4 N–H and O–H groups in total. The van der Waals surface area contributed by atoms with Gasteiger partial charge < -0.3 is 25.5 Å². The molecule has 4 rings (SSSR count). The van der Waals surface area contributed by atoms with E-state index >= 15 is 0 Å². The fourth-order valence-corrected chi connectivity index (χ4v) is 4.19. The first-order valence-electron chi connectivity index (χ1n) is 9.58. The van der Waals surface area contributed by atoms with Gasteiger partial charge in [-0.25, -0.2) is 4.98 Å². The van der Waals surface area contributed by atoms with Gasteiger partial charge in [0.15, 0.2) is 5.16 Å². The Balaban J connectivity index is 1.54. The number of nitrogen functional groups attached to an aromatic ring is 1. The summed E-state index contributed by atoms with van der Waals surface area (Å²) in [5.74, 6) is 2.21. The third-order valence-corrected chi connectivity index (χ3v) is 5.82. The smallest absolute Gasteiger partial charge is 0.166 e. The molecular weight excluding hydrogens is 396 g/mol. The SMILES string of the molecule is COc1cccc(CNc2c(CSc3nc4ccccc4[nH]3)cccc2OC)c1N. The normalized spacial score (nSPS) is 10.9. The van der Waals surface area contributed by atoms with Crippen molar-refractivity contribution in [3.63, 3.8) is 0 Å². The summed E-state index contributed by atoms with van der Waals surface area (Å²) < 4.78 is 10.9. The van der Waals surface area contributed by atoms with E-state index < -0.39 is 0 Å². The quantitative estimate of drug-likeness (QED) is 0.273. The van der Waals surface area contributed by atoms with Gasteiger partial charge in [0, 0.05) is 12.3 Å². The Kier molecular flexibility index (Phi) is 5.99. The van der Waals surface area contributed by atoms with Gasteiger partial charge >= 0.3 is 0 Å². The van der Waals surface area contributed by atoms with E-state index in [0.717, 1.165) is 44.5 Å². The minimum absolute atomic E-state index is 0.561. The summed E-state index contributed by atoms with van der Waals surface area (Å²) in [5, 5.41) is 4.39. The molecule has 1 heterocycles. The lowest BCUT2D eigenvalue weighted by Gasteiger charge is -2.17. The van der Waals surface area contributed by atoms with E-state index in [1.54, 1.807) is 26.0 Å². The Morgan fingerprint density at radius 2 is 1.67 bits per heavy atom. The van der Waals surface area contributed by atoms with Gasteiger partial charge in [-0.3, -0.25) is 0 Å². The van der Waals surface area contributed by atoms with Crippen molar-refractivity contribution < 1.29 is 9.47 Å². The molecule has 3 aromatic carbocycles. The molecule has 7 heteroatoms. The van der Waals surface area contributed by atoms with Crippen molar-refractivity contribution in [3.05, 3.63) is 71.8 Å². The van der Waals surface area contributed by atoms with E-state index in [1.807, 2.05) is 54.6 Å². The third-order valence-electron chi connectivity index (χ3n) is 4.90. The van der Waals surface area contributed by atoms with Crippen LogP contribution in [0.25, 0.3) is 11.0 Å². The lowest BCUT2D eigenvalue weighted by atomic mass is 10.1. The van der Waals surface area contributed by atoms with Crippen LogP contribution in [-0.2, 0) is 12.3 Å². The van der Waals surface area contributed by atoms with Crippen molar-refractivity contribution in [1.82, 2.24) is 9.97 Å². The van der Waals surface area contributed by atoms with Gasteiger partial charge in [-0.05, 0) is 35.4 Å². The highest BCUT2D eigenvalue weighted by atomic mass is 32.2. The average Bonchev–Trinajstić information content (AvgIpc) is 3.20. The topological polar surface area (TPSA) is 85.2 Å². The first kappa shape index (κ1) is 20.0. The second-order valence-electron chi connectivity index (χ2n) is 6.73. The minimum atomic E-state index is 0.561. The fourth-order valence-electron chi connectivity index (χ4n) is 3.32. The second kappa shape index (κ2) is 9.00. The van der Waals surface area contributed by atoms with Crippen molar-refractivity contribution in [1.29, 1.82) is 0 Å². The van der Waals surface area contributed by atoms with E-state index in [1.165, 1.54) is 0 Å². The molecule has 0 saturated heterocycles. The van der Waals surface area contributed by atoms with Gasteiger partial charge in [0.05, 0.1) is 36.6 Å². The van der Waals surface area contributed by atoms with E-state index in [9.17, 15) is 0 Å². The molecule has 0 saturated carbocycles. The number of hydrogen-bond acceptors (Lipinski definition) is 6. The number of nitrogens with two attached hydrogens (primary N) is 1. The van der Waals surface area contributed by atoms with Gasteiger partial charge in [0.1, 0.15) is 11.5 Å². The molecule has 6 nitrogen and oxygen atoms in total. The van der Waals surface area contributed by atoms with Crippen LogP contribution in [0.4, 0.5) is 11.4 Å². The van der Waals surface area contributed by atoms with Crippen LogP contribution in [0.5, 0.6) is 11.5 Å². The van der Waals surface area contributed by atoms with E-state index in [4.69, 9.17) is 15.2 Å². The summed E-state index contributed by atoms with van der Waals surface area (Å²) >= 11 is 1.66. The number of benzene rings is 3. The molecule has 30 heavy (non-hydrogen) atoms. The molecule has 0 amide bonds. The Hall–Kier alpha value is -3.32. The zero-order valence-corrected chi connectivity index (χ0v) is 17.8. The van der Waals surface area contributed by atoms with Crippen molar-refractivity contribution in [2.75, 3.05) is 25.3 Å². The van der Waals surface area contributed by atoms with E-state index in [0.29, 0.717) is 18.0 Å². The molecular formula is C23H24N4O2S. The maximum Gasteiger partial charge on any atom is 0.166 e. The Bertz CT molecular complexity index is 1130. The number of rotatable bonds is 8. The number of aromatic nitrogens is 2. The largest absolute Gasteiger partial charge is 0.495 e. The van der Waals surface area contributed by atoms with E-state index in [2.05, 4.69) is 21.4 Å². The second-order valence-corrected chi connectivity index (χ2v) is 7.69. The minimum Gasteiger partial charge on any atom is -0.495 e. The maximum atomic E-state index is 6.23. The molecule has 0 atom stereocenters. The van der Waals surface area contributed by atoms with Crippen molar-refractivity contribution in [2.24, 2.45) is 0 Å². The van der Waals surface area contributed by atoms with Gasteiger partial charge in [-0.1, -0.05) is 48.2 Å². The van der Waals surface area contributed by atoms with Crippen LogP contribution in [0, 0.1) is 0 Å². The van der Waals surface area contributed by atoms with Gasteiger partial charge in [-0.2, -0.15) is 0 Å². The van der Waals surface area contributed by atoms with Crippen LogP contribution in [-0.4, -0.2) is 24.2 Å². The number of imidazole rings is 1. The summed E-state index contributed by atoms with van der Waals surface area (Å²) in [7, 11) is 3.30. The maximum absolute atomic E-state index is 6.23. The van der Waals surface area contributed by atoms with Gasteiger partial charge in [0.25, 0.3) is 0 Å². The number of hydrogen-bond donors (Lipinski definition) is 3. The number of ether oxygens (including phenoxy) is 2. The molecule has 0 bridgehead atoms. The number of aromatic amines is 1. The summed E-state index contributed by atoms with van der Waals surface area (Å²) in [4.78, 5) is 8.01. The fraction of sp³-hybridized carbons (Fsp3) is 0.174. The highest BCUT2D eigenvalue weighted by molar-refractivity contribution is 7.98. The van der Waals surface area contributed by atoms with Crippen molar-refractivity contribution in [2.45, 2.75) is 17.5 Å². The summed E-state index contributed by atoms with van der Waals surface area (Å²) in [6.07, 6.45) is 0. The molecule has 1 aromatic heterocycles. The van der Waals surface area contributed by atoms with E-state index in [-0.39, 0.29) is 0 Å². The van der Waals surface area contributed by atoms with Gasteiger partial charge in [-0.15, -0.1) is 0 Å². The molecule has 0 unspecified atom stereocenters. The van der Waals surface area contributed by atoms with Crippen LogP contribution in [0.1, 0.15) is 11.1 Å². The molecule has 4 aromatic rings. The number of anilines is 2. The summed E-state index contributed by atoms with van der Waals surface area (Å²) in [5.41, 5.74) is 11.9. The predicted molar refractivity (Wildman–Crippen MR) is 123 cm³/mol. The van der Waals surface area contributed by atoms with Crippen LogP contribution >= 0.6 is 11.8 Å². The molecule has 0 aliphatic rings. The zero-order valence-electron chi connectivity index (χ0n) is 16.9. The van der Waals surface area contributed by atoms with Gasteiger partial charge in [0.2, 0.25) is 0 Å². The molecule has 0 aliphatic heterocycles. The number of nitrogens with one attached hydrogen (secondary N) is 2. The Morgan fingerprint density at radius 3 is 2.43 bits per heavy atom. The summed E-state index contributed by atoms with van der Waals surface area (Å²) in [6, 6.07) is 19.9. The number of fused-ring (bicyclic) bond motifs is 1. The van der Waals surface area contributed by atoms with Crippen LogP contribution in [0.3, 0.4) is 0 Å². The molecule has 0 aliphatic carbocycles. The monoisotopic (exact) mass is 420 g/mol. The lowest BCUT2D eigenvalue weighted by molar-refractivity contribution is 0.416. The first-order chi connectivity index (χ1) is 14.7. The van der Waals surface area contributed by atoms with Crippen LogP contribution < -0.4 is 20.5 Å². The number of thioether (sulfide) groups is 1. The van der Waals surface area contributed by atoms with Crippen molar-refractivity contribution >= 4 is 34.2 Å². The highest BCUT2D eigenvalue weighted by Crippen LogP contribution is 2.34. The first-order valence-corrected chi connectivity index (χ1v) is 10.6. The third kappa shape index (κ3) is 4.16.